The number of amides is 1. The van der Waals surface area contributed by atoms with Crippen LogP contribution in [0, 0.1) is 0 Å². The zero-order chi connectivity index (χ0) is 22.3. The monoisotopic (exact) mass is 527 g/mol. The first-order chi connectivity index (χ1) is 15.1. The molecule has 2 aromatic rings. The molecule has 0 N–H and O–H groups in total. The Morgan fingerprint density at radius 1 is 0.742 bits per heavy atom. The molecular formula is C27H37NO2Sn. The summed E-state index contributed by atoms with van der Waals surface area (Å²) >= 11 is -2.65. The van der Waals surface area contributed by atoms with Crippen LogP contribution in [0.4, 0.5) is 5.69 Å². The maximum absolute atomic E-state index is 12.8. The van der Waals surface area contributed by atoms with E-state index in [0.717, 1.165) is 5.69 Å². The first kappa shape index (κ1) is 24.0. The van der Waals surface area contributed by atoms with E-state index in [-0.39, 0.29) is 11.7 Å². The van der Waals surface area contributed by atoms with E-state index in [1.807, 2.05) is 18.2 Å². The van der Waals surface area contributed by atoms with Crippen LogP contribution in [0.5, 0.6) is 0 Å². The number of fused-ring (bicyclic) bond motifs is 1. The third-order valence-electron chi connectivity index (χ3n) is 6.82. The molecule has 0 bridgehead atoms. The number of ketones is 1. The summed E-state index contributed by atoms with van der Waals surface area (Å²) in [6, 6.07) is 16.3. The molecule has 2 aromatic carbocycles. The van der Waals surface area contributed by atoms with Crippen LogP contribution in [0.1, 0.15) is 75.2 Å². The summed E-state index contributed by atoms with van der Waals surface area (Å²) in [6.07, 6.45) is 7.65. The van der Waals surface area contributed by atoms with Crippen molar-refractivity contribution in [1.82, 2.24) is 0 Å². The molecule has 3 rings (SSSR count). The van der Waals surface area contributed by atoms with Crippen LogP contribution in [0.15, 0.2) is 48.5 Å². The summed E-state index contributed by atoms with van der Waals surface area (Å²) in [5.74, 6) is -0.752. The fraction of sp³-hybridized carbons (Fsp3) is 0.481. The average Bonchev–Trinajstić information content (AvgIpc) is 3.04. The molecule has 31 heavy (non-hydrogen) atoms. The van der Waals surface area contributed by atoms with Crippen LogP contribution in [0.25, 0.3) is 0 Å². The molecule has 3 nitrogen and oxygen atoms in total. The van der Waals surface area contributed by atoms with E-state index in [4.69, 9.17) is 0 Å². The summed E-state index contributed by atoms with van der Waals surface area (Å²) in [6.45, 7) is 7.41. The Balaban J connectivity index is 2.01. The molecule has 0 saturated heterocycles. The van der Waals surface area contributed by atoms with Crippen LogP contribution in [-0.2, 0) is 11.3 Å². The van der Waals surface area contributed by atoms with Gasteiger partial charge in [0.05, 0.1) is 0 Å². The number of unbranched alkanes of at least 4 members (excludes halogenated alkanes) is 3. The zero-order valence-corrected chi connectivity index (χ0v) is 22.3. The second-order valence-electron chi connectivity index (χ2n) is 8.99. The summed E-state index contributed by atoms with van der Waals surface area (Å²) in [4.78, 5) is 27.1. The summed E-state index contributed by atoms with van der Waals surface area (Å²) in [5, 5.41) is 0. The number of para-hydroxylation sites is 1. The van der Waals surface area contributed by atoms with E-state index < -0.39 is 18.4 Å². The SMILES string of the molecule is CCC[CH2][Sn]([CH2]CCC)([CH2]CCC)[c]1ccccc1CN1C(=O)C(=O)c2ccccc21. The predicted octanol–water partition coefficient (Wildman–Crippen LogP) is 6.47. The summed E-state index contributed by atoms with van der Waals surface area (Å²) < 4.78 is 5.78. The number of Topliss-reactive ketones (excluding diaryl/α,β-unsaturated/α-hetero) is 1. The van der Waals surface area contributed by atoms with Crippen molar-refractivity contribution in [1.29, 1.82) is 0 Å². The zero-order valence-electron chi connectivity index (χ0n) is 19.5. The van der Waals surface area contributed by atoms with Crippen LogP contribution >= 0.6 is 0 Å². The molecule has 0 fully saturated rings. The van der Waals surface area contributed by atoms with Gasteiger partial charge in [-0.1, -0.05) is 0 Å². The molecule has 1 amide bonds. The van der Waals surface area contributed by atoms with E-state index in [1.165, 1.54) is 57.4 Å². The molecule has 0 saturated carbocycles. The number of carbonyl (C=O) groups excluding carboxylic acids is 2. The number of rotatable bonds is 12. The van der Waals surface area contributed by atoms with Crippen molar-refractivity contribution in [2.45, 2.75) is 79.2 Å². The molecule has 1 aliphatic rings. The minimum atomic E-state index is -2.65. The van der Waals surface area contributed by atoms with Crippen molar-refractivity contribution in [3.63, 3.8) is 0 Å². The molecule has 1 aliphatic heterocycles. The van der Waals surface area contributed by atoms with Crippen molar-refractivity contribution in [3.05, 3.63) is 59.7 Å². The van der Waals surface area contributed by atoms with Gasteiger partial charge in [-0.2, -0.15) is 0 Å². The van der Waals surface area contributed by atoms with Gasteiger partial charge in [-0.25, -0.2) is 0 Å². The first-order valence-electron chi connectivity index (χ1n) is 12.1. The molecule has 0 unspecified atom stereocenters. The van der Waals surface area contributed by atoms with Crippen molar-refractivity contribution in [2.24, 2.45) is 0 Å². The Hall–Kier alpha value is -1.62. The molecule has 4 heteroatoms. The standard InChI is InChI=1S/C15H10NO2.3C4H9.Sn/c17-14-12-8-4-5-9-13(12)16(15(14)18)10-11-6-2-1-3-7-11;3*1-3-4-2;/h1-6,8-9H,10H2;3*1,3-4H2,2H3;. The quantitative estimate of drug-likeness (QED) is 0.235. The Labute approximate surface area is 192 Å². The third-order valence-corrected chi connectivity index (χ3v) is 22.7. The number of benzene rings is 2. The van der Waals surface area contributed by atoms with Gasteiger partial charge in [0.15, 0.2) is 0 Å². The van der Waals surface area contributed by atoms with E-state index in [9.17, 15) is 9.59 Å². The van der Waals surface area contributed by atoms with Crippen molar-refractivity contribution >= 4 is 39.3 Å². The van der Waals surface area contributed by atoms with Gasteiger partial charge in [0, 0.05) is 0 Å². The van der Waals surface area contributed by atoms with Gasteiger partial charge < -0.3 is 0 Å². The van der Waals surface area contributed by atoms with Crippen LogP contribution in [-0.4, -0.2) is 30.1 Å². The Morgan fingerprint density at radius 2 is 1.29 bits per heavy atom. The third kappa shape index (κ3) is 5.24. The normalized spacial score (nSPS) is 13.7. The molecular weight excluding hydrogens is 489 g/mol. The second-order valence-corrected chi connectivity index (χ2v) is 22.1. The molecule has 1 heterocycles. The molecule has 0 aromatic heterocycles. The first-order valence-corrected chi connectivity index (χ1v) is 19.6. The minimum absolute atomic E-state index is 0.370. The second kappa shape index (κ2) is 11.3. The van der Waals surface area contributed by atoms with Crippen molar-refractivity contribution in [3.8, 4) is 0 Å². The average molecular weight is 526 g/mol. The van der Waals surface area contributed by atoms with Crippen LogP contribution in [0.2, 0.25) is 13.3 Å². The molecule has 0 atom stereocenters. The predicted molar refractivity (Wildman–Crippen MR) is 133 cm³/mol. The van der Waals surface area contributed by atoms with E-state index in [1.54, 1.807) is 14.5 Å². The molecule has 166 valence electrons. The molecule has 0 spiro atoms. The number of hydrogen-bond donors (Lipinski definition) is 0. The molecule has 0 radical (unpaired) electrons. The van der Waals surface area contributed by atoms with Gasteiger partial charge in [0.2, 0.25) is 0 Å². The molecule has 0 aliphatic carbocycles. The van der Waals surface area contributed by atoms with Gasteiger partial charge in [-0.05, 0) is 0 Å². The van der Waals surface area contributed by atoms with E-state index >= 15 is 0 Å². The number of nitrogens with zero attached hydrogens (tertiary/aromatic N) is 1. The van der Waals surface area contributed by atoms with Gasteiger partial charge >= 0.3 is 193 Å². The van der Waals surface area contributed by atoms with Crippen LogP contribution in [0.3, 0.4) is 0 Å². The van der Waals surface area contributed by atoms with Gasteiger partial charge in [-0.15, -0.1) is 0 Å². The summed E-state index contributed by atoms with van der Waals surface area (Å²) in [5.41, 5.74) is 2.59. The van der Waals surface area contributed by atoms with E-state index in [0.29, 0.717) is 12.1 Å². The van der Waals surface area contributed by atoms with Gasteiger partial charge in [0.25, 0.3) is 0 Å². The number of hydrogen-bond acceptors (Lipinski definition) is 2. The Morgan fingerprint density at radius 3 is 1.90 bits per heavy atom. The fourth-order valence-electron chi connectivity index (χ4n) is 5.08. The van der Waals surface area contributed by atoms with Crippen LogP contribution < -0.4 is 8.48 Å². The van der Waals surface area contributed by atoms with Crippen molar-refractivity contribution < 1.29 is 9.59 Å². The number of anilines is 1. The topological polar surface area (TPSA) is 37.4 Å². The van der Waals surface area contributed by atoms with Gasteiger partial charge in [-0.3, -0.25) is 0 Å². The van der Waals surface area contributed by atoms with Gasteiger partial charge in [0.1, 0.15) is 0 Å². The summed E-state index contributed by atoms with van der Waals surface area (Å²) in [7, 11) is 0. The van der Waals surface area contributed by atoms with Crippen molar-refractivity contribution in [2.75, 3.05) is 4.90 Å². The Kier molecular flexibility index (Phi) is 8.76. The Bertz CT molecular complexity index is 886. The maximum atomic E-state index is 12.8. The van der Waals surface area contributed by atoms with E-state index in [2.05, 4.69) is 45.0 Å². The fourth-order valence-corrected chi connectivity index (χ4v) is 22.0. The number of carbonyl (C=O) groups is 2.